The summed E-state index contributed by atoms with van der Waals surface area (Å²) in [5, 5.41) is 10.1. The molecule has 0 saturated carbocycles. The Morgan fingerprint density at radius 1 is 0.771 bits per heavy atom. The molecule has 7 nitrogen and oxygen atoms in total. The molecule has 0 amide bonds. The number of hydrogen-bond donors (Lipinski definition) is 0. The van der Waals surface area contributed by atoms with Crippen LogP contribution < -0.4 is 18.9 Å². The predicted octanol–water partition coefficient (Wildman–Crippen LogP) is 6.27. The first-order chi connectivity index (χ1) is 17.1. The molecule has 0 N–H and O–H groups in total. The van der Waals surface area contributed by atoms with Crippen LogP contribution in [0.2, 0.25) is 0 Å². The Kier molecular flexibility index (Phi) is 7.03. The van der Waals surface area contributed by atoms with E-state index in [0.29, 0.717) is 39.7 Å². The SMILES string of the molecule is COc1ccc(-c2oc(N=Cc3cccc(OC)c3OC)c(C#N)c2-c2ccc(OC)cc2)cc1. The highest BCUT2D eigenvalue weighted by Gasteiger charge is 2.23. The van der Waals surface area contributed by atoms with Crippen LogP contribution in [0, 0.1) is 11.3 Å². The van der Waals surface area contributed by atoms with E-state index in [1.165, 1.54) is 0 Å². The van der Waals surface area contributed by atoms with Gasteiger partial charge in [-0.1, -0.05) is 18.2 Å². The van der Waals surface area contributed by atoms with Crippen molar-refractivity contribution >= 4 is 12.1 Å². The first-order valence-corrected chi connectivity index (χ1v) is 10.7. The van der Waals surface area contributed by atoms with Crippen molar-refractivity contribution in [3.8, 4) is 51.5 Å². The maximum atomic E-state index is 10.1. The van der Waals surface area contributed by atoms with Crippen LogP contribution in [0.4, 0.5) is 5.88 Å². The molecule has 0 spiro atoms. The monoisotopic (exact) mass is 468 g/mol. The third-order valence-corrected chi connectivity index (χ3v) is 5.49. The molecule has 0 aliphatic carbocycles. The minimum Gasteiger partial charge on any atom is -0.497 e. The first-order valence-electron chi connectivity index (χ1n) is 10.7. The molecule has 4 aromatic rings. The third kappa shape index (κ3) is 4.68. The van der Waals surface area contributed by atoms with Crippen LogP contribution in [0.5, 0.6) is 23.0 Å². The van der Waals surface area contributed by atoms with Gasteiger partial charge in [-0.2, -0.15) is 5.26 Å². The number of methoxy groups -OCH3 is 4. The number of furan rings is 1. The summed E-state index contributed by atoms with van der Waals surface area (Å²) in [7, 11) is 6.35. The molecular weight excluding hydrogens is 444 g/mol. The molecule has 4 rings (SSSR count). The van der Waals surface area contributed by atoms with Crippen molar-refractivity contribution < 1.29 is 23.4 Å². The van der Waals surface area contributed by atoms with Gasteiger partial charge in [-0.15, -0.1) is 0 Å². The van der Waals surface area contributed by atoms with E-state index in [1.54, 1.807) is 40.7 Å². The number of benzene rings is 3. The van der Waals surface area contributed by atoms with Crippen LogP contribution in [-0.4, -0.2) is 34.7 Å². The third-order valence-electron chi connectivity index (χ3n) is 5.49. The maximum Gasteiger partial charge on any atom is 0.238 e. The Morgan fingerprint density at radius 3 is 1.94 bits per heavy atom. The lowest BCUT2D eigenvalue weighted by atomic mass is 9.98. The molecule has 35 heavy (non-hydrogen) atoms. The molecule has 0 aliphatic rings. The van der Waals surface area contributed by atoms with E-state index in [1.807, 2.05) is 60.7 Å². The number of aliphatic imine (C=N–C) groups is 1. The van der Waals surface area contributed by atoms with Crippen LogP contribution in [0.25, 0.3) is 22.5 Å². The summed E-state index contributed by atoms with van der Waals surface area (Å²) < 4.78 is 27.6. The van der Waals surface area contributed by atoms with E-state index in [-0.39, 0.29) is 5.88 Å². The topological polar surface area (TPSA) is 86.2 Å². The molecule has 7 heteroatoms. The standard InChI is InChI=1S/C28H24N2O5/c1-31-21-12-8-18(9-13-21)25-23(16-29)28(35-27(25)19-10-14-22(32-2)15-11-19)30-17-20-6-5-7-24(33-3)26(20)34-4/h5-15,17H,1-4H3. The Balaban J connectivity index is 1.88. The van der Waals surface area contributed by atoms with Crippen LogP contribution in [0.3, 0.4) is 0 Å². The van der Waals surface area contributed by atoms with Crippen molar-refractivity contribution in [2.45, 2.75) is 0 Å². The van der Waals surface area contributed by atoms with E-state index in [4.69, 9.17) is 23.4 Å². The molecule has 1 aromatic heterocycles. The zero-order valence-corrected chi connectivity index (χ0v) is 19.9. The molecule has 0 atom stereocenters. The van der Waals surface area contributed by atoms with Crippen molar-refractivity contribution in [3.63, 3.8) is 0 Å². The average molecular weight is 469 g/mol. The number of para-hydroxylation sites is 1. The van der Waals surface area contributed by atoms with Crippen molar-refractivity contribution in [2.24, 2.45) is 4.99 Å². The number of ether oxygens (including phenoxy) is 4. The van der Waals surface area contributed by atoms with Crippen LogP contribution >= 0.6 is 0 Å². The number of hydrogen-bond acceptors (Lipinski definition) is 7. The number of nitriles is 1. The molecule has 0 saturated heterocycles. The van der Waals surface area contributed by atoms with Gasteiger partial charge in [0.2, 0.25) is 5.88 Å². The van der Waals surface area contributed by atoms with E-state index in [0.717, 1.165) is 16.9 Å². The lowest BCUT2D eigenvalue weighted by Gasteiger charge is -2.09. The van der Waals surface area contributed by atoms with Crippen LogP contribution in [0.15, 0.2) is 76.1 Å². The molecule has 1 heterocycles. The van der Waals surface area contributed by atoms with Gasteiger partial charge in [-0.3, -0.25) is 0 Å². The van der Waals surface area contributed by atoms with Crippen LogP contribution in [-0.2, 0) is 0 Å². The van der Waals surface area contributed by atoms with Gasteiger partial charge in [0, 0.05) is 22.9 Å². The Bertz CT molecular complexity index is 1380. The van der Waals surface area contributed by atoms with E-state index in [9.17, 15) is 5.26 Å². The fourth-order valence-corrected chi connectivity index (χ4v) is 3.73. The van der Waals surface area contributed by atoms with Crippen molar-refractivity contribution in [1.82, 2.24) is 0 Å². The minimum atomic E-state index is 0.189. The molecule has 0 unspecified atom stereocenters. The summed E-state index contributed by atoms with van der Waals surface area (Å²) in [6.45, 7) is 0. The highest BCUT2D eigenvalue weighted by Crippen LogP contribution is 2.43. The Labute approximate surface area is 203 Å². The summed E-state index contributed by atoms with van der Waals surface area (Å²) in [6, 6.07) is 22.6. The molecule has 176 valence electrons. The summed E-state index contributed by atoms with van der Waals surface area (Å²) >= 11 is 0. The van der Waals surface area contributed by atoms with Gasteiger partial charge < -0.3 is 23.4 Å². The lowest BCUT2D eigenvalue weighted by molar-refractivity contribution is 0.354. The molecule has 0 bridgehead atoms. The van der Waals surface area contributed by atoms with E-state index in [2.05, 4.69) is 11.1 Å². The normalized spacial score (nSPS) is 10.7. The van der Waals surface area contributed by atoms with Gasteiger partial charge in [0.05, 0.1) is 28.4 Å². The second-order valence-electron chi connectivity index (χ2n) is 7.40. The van der Waals surface area contributed by atoms with Gasteiger partial charge in [0.1, 0.15) is 28.9 Å². The fraction of sp³-hybridized carbons (Fsp3) is 0.143. The largest absolute Gasteiger partial charge is 0.497 e. The number of rotatable bonds is 8. The average Bonchev–Trinajstić information content (AvgIpc) is 3.30. The van der Waals surface area contributed by atoms with Gasteiger partial charge in [-0.25, -0.2) is 4.99 Å². The second-order valence-corrected chi connectivity index (χ2v) is 7.40. The molecule has 0 radical (unpaired) electrons. The highest BCUT2D eigenvalue weighted by atomic mass is 16.5. The summed E-state index contributed by atoms with van der Waals surface area (Å²) in [4.78, 5) is 4.53. The van der Waals surface area contributed by atoms with E-state index < -0.39 is 0 Å². The molecule has 3 aromatic carbocycles. The smallest absolute Gasteiger partial charge is 0.238 e. The maximum absolute atomic E-state index is 10.1. The molecular formula is C28H24N2O5. The van der Waals surface area contributed by atoms with Gasteiger partial charge in [-0.05, 0) is 54.1 Å². The minimum absolute atomic E-state index is 0.189. The van der Waals surface area contributed by atoms with E-state index >= 15 is 0 Å². The molecule has 0 fully saturated rings. The van der Waals surface area contributed by atoms with Crippen LogP contribution in [0.1, 0.15) is 11.1 Å². The van der Waals surface area contributed by atoms with Gasteiger partial charge >= 0.3 is 0 Å². The van der Waals surface area contributed by atoms with Crippen molar-refractivity contribution in [2.75, 3.05) is 28.4 Å². The fourth-order valence-electron chi connectivity index (χ4n) is 3.73. The molecule has 0 aliphatic heterocycles. The summed E-state index contributed by atoms with van der Waals surface area (Å²) in [5.74, 6) is 3.26. The van der Waals surface area contributed by atoms with Gasteiger partial charge in [0.25, 0.3) is 0 Å². The van der Waals surface area contributed by atoms with Crippen molar-refractivity contribution in [1.29, 1.82) is 5.26 Å². The highest BCUT2D eigenvalue weighted by molar-refractivity contribution is 5.91. The lowest BCUT2D eigenvalue weighted by Crippen LogP contribution is -1.94. The summed E-state index contributed by atoms with van der Waals surface area (Å²) in [6.07, 6.45) is 1.59. The first kappa shape index (κ1) is 23.5. The Morgan fingerprint density at radius 2 is 1.40 bits per heavy atom. The number of nitrogens with zero attached hydrogens (tertiary/aromatic N) is 2. The zero-order chi connectivity index (χ0) is 24.8. The zero-order valence-electron chi connectivity index (χ0n) is 19.9. The summed E-state index contributed by atoms with van der Waals surface area (Å²) in [5.41, 5.74) is 3.24. The second kappa shape index (κ2) is 10.5. The predicted molar refractivity (Wildman–Crippen MR) is 134 cm³/mol. The quantitative estimate of drug-likeness (QED) is 0.283. The van der Waals surface area contributed by atoms with Crippen molar-refractivity contribution in [3.05, 3.63) is 77.9 Å². The van der Waals surface area contributed by atoms with Gasteiger partial charge in [0.15, 0.2) is 11.5 Å². The Hall–Kier alpha value is -4.70.